The third-order valence-electron chi connectivity index (χ3n) is 3.99. The molecule has 0 bridgehead atoms. The van der Waals surface area contributed by atoms with E-state index in [-0.39, 0.29) is 36.8 Å². The van der Waals surface area contributed by atoms with Gasteiger partial charge < -0.3 is 15.8 Å². The van der Waals surface area contributed by atoms with E-state index in [0.717, 1.165) is 17.1 Å². The summed E-state index contributed by atoms with van der Waals surface area (Å²) in [7, 11) is 0. The van der Waals surface area contributed by atoms with Crippen molar-refractivity contribution in [3.63, 3.8) is 0 Å². The lowest BCUT2D eigenvalue weighted by Crippen LogP contribution is -2.49. The van der Waals surface area contributed by atoms with E-state index >= 15 is 0 Å². The van der Waals surface area contributed by atoms with E-state index in [9.17, 15) is 4.79 Å². The molecule has 1 unspecified atom stereocenters. The number of nitrogens with zero attached hydrogens (tertiary/aromatic N) is 1. The topological polar surface area (TPSA) is 77.2 Å². The maximum Gasteiger partial charge on any atom is 0.228 e. The largest absolute Gasteiger partial charge is 0.381 e. The van der Waals surface area contributed by atoms with Gasteiger partial charge in [0, 0.05) is 25.1 Å². The number of carbonyl (C=O) groups is 1. The van der Waals surface area contributed by atoms with Gasteiger partial charge in [-0.1, -0.05) is 6.92 Å². The molecule has 8 heteroatoms. The van der Waals surface area contributed by atoms with Gasteiger partial charge in [0.1, 0.15) is 0 Å². The second kappa shape index (κ2) is 9.67. The molecule has 1 aromatic heterocycles. The lowest BCUT2D eigenvalue weighted by Gasteiger charge is -2.35. The Morgan fingerprint density at radius 1 is 1.50 bits per heavy atom. The summed E-state index contributed by atoms with van der Waals surface area (Å²) in [4.78, 5) is 17.1. The van der Waals surface area contributed by atoms with Gasteiger partial charge in [0.25, 0.3) is 0 Å². The summed E-state index contributed by atoms with van der Waals surface area (Å²) < 4.78 is 5.34. The van der Waals surface area contributed by atoms with Crippen molar-refractivity contribution in [1.82, 2.24) is 10.3 Å². The zero-order valence-corrected chi connectivity index (χ0v) is 15.4. The third kappa shape index (κ3) is 4.80. The van der Waals surface area contributed by atoms with E-state index in [1.807, 2.05) is 12.3 Å². The fourth-order valence-corrected chi connectivity index (χ4v) is 3.23. The predicted octanol–water partition coefficient (Wildman–Crippen LogP) is 2.48. The molecule has 1 aromatic rings. The second-order valence-corrected chi connectivity index (χ2v) is 6.25. The Kier molecular flexibility index (Phi) is 9.50. The molecule has 3 N–H and O–H groups in total. The molecule has 1 atom stereocenters. The normalized spacial score (nSPS) is 17.8. The molecule has 5 nitrogen and oxygen atoms in total. The van der Waals surface area contributed by atoms with E-state index in [1.165, 1.54) is 0 Å². The van der Waals surface area contributed by atoms with Crippen LogP contribution in [0.25, 0.3) is 0 Å². The molecular weight excluding hydrogens is 345 g/mol. The molecule has 0 aromatic carbocycles. The highest BCUT2D eigenvalue weighted by Crippen LogP contribution is 2.30. The van der Waals surface area contributed by atoms with Crippen LogP contribution in [-0.4, -0.2) is 30.6 Å². The lowest BCUT2D eigenvalue weighted by atomic mass is 9.79. The number of carbonyl (C=O) groups excluding carboxylic acids is 1. The smallest absolute Gasteiger partial charge is 0.228 e. The lowest BCUT2D eigenvalue weighted by molar-refractivity contribution is -0.136. The summed E-state index contributed by atoms with van der Waals surface area (Å²) in [5.41, 5.74) is 6.30. The van der Waals surface area contributed by atoms with Gasteiger partial charge >= 0.3 is 0 Å². The summed E-state index contributed by atoms with van der Waals surface area (Å²) in [6, 6.07) is -0.0784. The van der Waals surface area contributed by atoms with Gasteiger partial charge in [-0.3, -0.25) is 4.79 Å². The number of hydrogen-bond donors (Lipinski definition) is 2. The van der Waals surface area contributed by atoms with Crippen molar-refractivity contribution in [1.29, 1.82) is 0 Å². The van der Waals surface area contributed by atoms with Crippen LogP contribution in [0.15, 0.2) is 5.38 Å². The molecular formula is C14H25Cl2N3O2S. The fourth-order valence-electron chi connectivity index (χ4n) is 2.40. The SMILES string of the molecule is CCc1nc(C(C)NC(=O)C2(CN)CCOCC2)cs1.Cl.Cl. The van der Waals surface area contributed by atoms with Crippen LogP contribution in [0.3, 0.4) is 0 Å². The number of hydrogen-bond acceptors (Lipinski definition) is 5. The molecule has 1 amide bonds. The zero-order chi connectivity index (χ0) is 14.6. The van der Waals surface area contributed by atoms with Crippen LogP contribution in [0, 0.1) is 5.41 Å². The Bertz CT molecular complexity index is 465. The van der Waals surface area contributed by atoms with E-state index < -0.39 is 5.41 Å². The maximum atomic E-state index is 12.5. The van der Waals surface area contributed by atoms with Crippen LogP contribution in [0.2, 0.25) is 0 Å². The number of nitrogens with two attached hydrogens (primary N) is 1. The molecule has 2 rings (SSSR count). The van der Waals surface area contributed by atoms with Crippen molar-refractivity contribution >= 4 is 42.1 Å². The van der Waals surface area contributed by atoms with Gasteiger partial charge in [0.15, 0.2) is 0 Å². The number of thiazole rings is 1. The first kappa shape index (κ1) is 21.6. The van der Waals surface area contributed by atoms with Gasteiger partial charge in [0.2, 0.25) is 5.91 Å². The molecule has 0 spiro atoms. The summed E-state index contributed by atoms with van der Waals surface area (Å²) in [6.45, 7) is 5.63. The molecule has 0 aliphatic carbocycles. The maximum absolute atomic E-state index is 12.5. The van der Waals surface area contributed by atoms with Crippen molar-refractivity contribution in [3.8, 4) is 0 Å². The highest BCUT2D eigenvalue weighted by Gasteiger charge is 2.39. The monoisotopic (exact) mass is 369 g/mol. The number of nitrogens with one attached hydrogen (secondary N) is 1. The minimum atomic E-state index is -0.476. The van der Waals surface area contributed by atoms with Crippen molar-refractivity contribution in [2.75, 3.05) is 19.8 Å². The van der Waals surface area contributed by atoms with Crippen LogP contribution in [-0.2, 0) is 16.0 Å². The van der Waals surface area contributed by atoms with Crippen LogP contribution < -0.4 is 11.1 Å². The number of amides is 1. The number of halogens is 2. The minimum absolute atomic E-state index is 0. The molecule has 2 heterocycles. The van der Waals surface area contributed by atoms with Crippen LogP contribution in [0.4, 0.5) is 0 Å². The molecule has 1 saturated heterocycles. The Hall–Kier alpha value is -0.400. The van der Waals surface area contributed by atoms with Crippen molar-refractivity contribution in [2.45, 2.75) is 39.2 Å². The summed E-state index contributed by atoms with van der Waals surface area (Å²) in [5.74, 6) is 0.0295. The van der Waals surface area contributed by atoms with Gasteiger partial charge in [-0.2, -0.15) is 0 Å². The minimum Gasteiger partial charge on any atom is -0.381 e. The Labute approximate surface area is 148 Å². The highest BCUT2D eigenvalue weighted by molar-refractivity contribution is 7.09. The molecule has 22 heavy (non-hydrogen) atoms. The predicted molar refractivity (Wildman–Crippen MR) is 94.1 cm³/mol. The highest BCUT2D eigenvalue weighted by atomic mass is 35.5. The van der Waals surface area contributed by atoms with Gasteiger partial charge in [-0.05, 0) is 26.2 Å². The average Bonchev–Trinajstić information content (AvgIpc) is 2.97. The first-order valence-corrected chi connectivity index (χ1v) is 8.02. The van der Waals surface area contributed by atoms with E-state index in [4.69, 9.17) is 10.5 Å². The first-order valence-electron chi connectivity index (χ1n) is 7.14. The number of ether oxygens (including phenoxy) is 1. The first-order chi connectivity index (χ1) is 9.61. The molecule has 1 fully saturated rings. The Morgan fingerprint density at radius 2 is 2.14 bits per heavy atom. The van der Waals surface area contributed by atoms with Crippen molar-refractivity contribution in [2.24, 2.45) is 11.1 Å². The van der Waals surface area contributed by atoms with E-state index in [2.05, 4.69) is 17.2 Å². The molecule has 128 valence electrons. The number of rotatable bonds is 5. The molecule has 0 saturated carbocycles. The van der Waals surface area contributed by atoms with Gasteiger partial charge in [-0.25, -0.2) is 4.98 Å². The number of aryl methyl sites for hydroxylation is 1. The third-order valence-corrected chi connectivity index (χ3v) is 5.00. The average molecular weight is 370 g/mol. The molecule has 1 aliphatic rings. The van der Waals surface area contributed by atoms with Gasteiger partial charge in [-0.15, -0.1) is 36.2 Å². The summed E-state index contributed by atoms with van der Waals surface area (Å²) in [5, 5.41) is 6.18. The fraction of sp³-hybridized carbons (Fsp3) is 0.714. The van der Waals surface area contributed by atoms with Crippen molar-refractivity contribution in [3.05, 3.63) is 16.1 Å². The number of aromatic nitrogens is 1. The molecule has 0 radical (unpaired) electrons. The van der Waals surface area contributed by atoms with Crippen molar-refractivity contribution < 1.29 is 9.53 Å². The van der Waals surface area contributed by atoms with Crippen LogP contribution in [0.5, 0.6) is 0 Å². The van der Waals surface area contributed by atoms with Crippen LogP contribution in [0.1, 0.15) is 43.4 Å². The summed E-state index contributed by atoms with van der Waals surface area (Å²) >= 11 is 1.64. The summed E-state index contributed by atoms with van der Waals surface area (Å²) in [6.07, 6.45) is 2.31. The van der Waals surface area contributed by atoms with E-state index in [1.54, 1.807) is 11.3 Å². The zero-order valence-electron chi connectivity index (χ0n) is 13.0. The Balaban J connectivity index is 0.00000220. The van der Waals surface area contributed by atoms with Crippen LogP contribution >= 0.6 is 36.2 Å². The second-order valence-electron chi connectivity index (χ2n) is 5.31. The quantitative estimate of drug-likeness (QED) is 0.835. The standard InChI is InChI=1S/C14H23N3O2S.2ClH/c1-3-12-17-11(8-20-12)10(2)16-13(18)14(9-15)4-6-19-7-5-14;;/h8,10H,3-7,9,15H2,1-2H3,(H,16,18);2*1H. The molecule has 1 aliphatic heterocycles. The van der Waals surface area contributed by atoms with E-state index in [0.29, 0.717) is 32.6 Å². The Morgan fingerprint density at radius 3 is 2.64 bits per heavy atom. The van der Waals surface area contributed by atoms with Gasteiger partial charge in [0.05, 0.1) is 22.2 Å².